The quantitative estimate of drug-likeness (QED) is 0.628. The van der Waals surface area contributed by atoms with E-state index >= 15 is 0 Å². The van der Waals surface area contributed by atoms with Crippen molar-refractivity contribution in [3.8, 4) is 0 Å². The Morgan fingerprint density at radius 1 is 1.38 bits per heavy atom. The lowest BCUT2D eigenvalue weighted by atomic mass is 10.1. The van der Waals surface area contributed by atoms with E-state index in [0.717, 1.165) is 5.56 Å². The minimum absolute atomic E-state index is 0.321. The Morgan fingerprint density at radius 2 is 2.15 bits per heavy atom. The minimum Gasteiger partial charge on any atom is -0.256 e. The molecule has 0 unspecified atom stereocenters. The molecule has 0 radical (unpaired) electrons. The van der Waals surface area contributed by atoms with Gasteiger partial charge in [0.1, 0.15) is 5.82 Å². The molecule has 0 saturated heterocycles. The van der Waals surface area contributed by atoms with E-state index in [2.05, 4.69) is 4.98 Å². The average molecular weight is 196 g/mol. The van der Waals surface area contributed by atoms with Crippen molar-refractivity contribution in [1.29, 1.82) is 0 Å². The third-order valence-electron chi connectivity index (χ3n) is 1.95. The zero-order valence-corrected chi connectivity index (χ0v) is 7.77. The maximum absolute atomic E-state index is 13.3. The molecule has 1 aromatic carbocycles. The Kier molecular flexibility index (Phi) is 1.93. The minimum atomic E-state index is -0.321. The summed E-state index contributed by atoms with van der Waals surface area (Å²) in [5.41, 5.74) is 1.38. The van der Waals surface area contributed by atoms with Crippen LogP contribution in [0.4, 0.5) is 4.39 Å². The maximum Gasteiger partial charge on any atom is 0.134 e. The molecule has 1 aromatic heterocycles. The van der Waals surface area contributed by atoms with Gasteiger partial charge in [-0.25, -0.2) is 4.39 Å². The molecule has 13 heavy (non-hydrogen) atoms. The highest BCUT2D eigenvalue weighted by Gasteiger charge is 2.07. The van der Waals surface area contributed by atoms with E-state index in [0.29, 0.717) is 15.9 Å². The van der Waals surface area contributed by atoms with Gasteiger partial charge < -0.3 is 0 Å². The largest absolute Gasteiger partial charge is 0.256 e. The zero-order valence-electron chi connectivity index (χ0n) is 7.01. The molecule has 2 aromatic rings. The molecule has 0 fully saturated rings. The van der Waals surface area contributed by atoms with Crippen LogP contribution in [0.5, 0.6) is 0 Å². The molecule has 1 heterocycles. The molecular formula is C10H7ClFN. The zero-order chi connectivity index (χ0) is 9.42. The SMILES string of the molecule is Cc1cnc2cccc(F)c2c1Cl. The van der Waals surface area contributed by atoms with Crippen LogP contribution in [0.15, 0.2) is 24.4 Å². The first-order valence-electron chi connectivity index (χ1n) is 3.89. The molecule has 0 atom stereocenters. The van der Waals surface area contributed by atoms with Gasteiger partial charge in [-0.15, -0.1) is 0 Å². The first-order chi connectivity index (χ1) is 6.20. The topological polar surface area (TPSA) is 12.9 Å². The number of aromatic nitrogens is 1. The van der Waals surface area contributed by atoms with Crippen LogP contribution in [0.2, 0.25) is 5.02 Å². The molecular weight excluding hydrogens is 189 g/mol. The van der Waals surface area contributed by atoms with Crippen LogP contribution in [0.1, 0.15) is 5.56 Å². The predicted octanol–water partition coefficient (Wildman–Crippen LogP) is 3.34. The van der Waals surface area contributed by atoms with E-state index in [9.17, 15) is 4.39 Å². The summed E-state index contributed by atoms with van der Waals surface area (Å²) in [4.78, 5) is 4.08. The molecule has 0 N–H and O–H groups in total. The van der Waals surface area contributed by atoms with Crippen molar-refractivity contribution in [3.63, 3.8) is 0 Å². The van der Waals surface area contributed by atoms with Gasteiger partial charge in [-0.05, 0) is 24.6 Å². The van der Waals surface area contributed by atoms with Gasteiger partial charge in [-0.1, -0.05) is 17.7 Å². The van der Waals surface area contributed by atoms with E-state index < -0.39 is 0 Å². The third-order valence-corrected chi connectivity index (χ3v) is 2.44. The van der Waals surface area contributed by atoms with Crippen molar-refractivity contribution in [1.82, 2.24) is 4.98 Å². The Balaban J connectivity index is 2.97. The molecule has 0 aliphatic rings. The van der Waals surface area contributed by atoms with Crippen molar-refractivity contribution in [2.45, 2.75) is 6.92 Å². The first kappa shape index (κ1) is 8.45. The molecule has 0 saturated carbocycles. The second-order valence-corrected chi connectivity index (χ2v) is 3.27. The van der Waals surface area contributed by atoms with E-state index in [1.807, 2.05) is 0 Å². The van der Waals surface area contributed by atoms with Crippen LogP contribution >= 0.6 is 11.6 Å². The van der Waals surface area contributed by atoms with Gasteiger partial charge in [0.15, 0.2) is 0 Å². The van der Waals surface area contributed by atoms with Gasteiger partial charge in [0, 0.05) is 6.20 Å². The van der Waals surface area contributed by atoms with Gasteiger partial charge in [-0.3, -0.25) is 4.98 Å². The fourth-order valence-electron chi connectivity index (χ4n) is 1.26. The molecule has 0 aliphatic heterocycles. The molecule has 1 nitrogen and oxygen atoms in total. The van der Waals surface area contributed by atoms with Gasteiger partial charge >= 0.3 is 0 Å². The van der Waals surface area contributed by atoms with Gasteiger partial charge in [0.25, 0.3) is 0 Å². The van der Waals surface area contributed by atoms with E-state index in [4.69, 9.17) is 11.6 Å². The standard InChI is InChI=1S/C10H7ClFN/c1-6-5-13-8-4-2-3-7(12)9(8)10(6)11/h2-5H,1H3. The smallest absolute Gasteiger partial charge is 0.134 e. The fourth-order valence-corrected chi connectivity index (χ4v) is 1.49. The molecule has 0 aliphatic carbocycles. The summed E-state index contributed by atoms with van der Waals surface area (Å²) >= 11 is 5.95. The Hall–Kier alpha value is -1.15. The highest BCUT2D eigenvalue weighted by atomic mass is 35.5. The second-order valence-electron chi connectivity index (χ2n) is 2.89. The van der Waals surface area contributed by atoms with Crippen molar-refractivity contribution in [2.24, 2.45) is 0 Å². The number of aryl methyl sites for hydroxylation is 1. The van der Waals surface area contributed by atoms with E-state index in [1.165, 1.54) is 6.07 Å². The van der Waals surface area contributed by atoms with E-state index in [-0.39, 0.29) is 5.82 Å². The molecule has 2 rings (SSSR count). The summed E-state index contributed by atoms with van der Waals surface area (Å²) in [7, 11) is 0. The highest BCUT2D eigenvalue weighted by Crippen LogP contribution is 2.26. The summed E-state index contributed by atoms with van der Waals surface area (Å²) < 4.78 is 13.3. The summed E-state index contributed by atoms with van der Waals surface area (Å²) in [6.07, 6.45) is 1.64. The van der Waals surface area contributed by atoms with Gasteiger partial charge in [-0.2, -0.15) is 0 Å². The molecule has 0 spiro atoms. The lowest BCUT2D eigenvalue weighted by molar-refractivity contribution is 0.639. The predicted molar refractivity (Wildman–Crippen MR) is 51.4 cm³/mol. The van der Waals surface area contributed by atoms with Crippen LogP contribution in [-0.4, -0.2) is 4.98 Å². The van der Waals surface area contributed by atoms with Crippen molar-refractivity contribution in [3.05, 3.63) is 40.8 Å². The fraction of sp³-hybridized carbons (Fsp3) is 0.100. The number of halogens is 2. The third kappa shape index (κ3) is 1.27. The number of hydrogen-bond acceptors (Lipinski definition) is 1. The summed E-state index contributed by atoms with van der Waals surface area (Å²) in [6.45, 7) is 1.81. The highest BCUT2D eigenvalue weighted by molar-refractivity contribution is 6.36. The van der Waals surface area contributed by atoms with Crippen LogP contribution < -0.4 is 0 Å². The molecule has 0 amide bonds. The molecule has 0 bridgehead atoms. The maximum atomic E-state index is 13.3. The number of benzene rings is 1. The Labute approximate surface area is 80.2 Å². The van der Waals surface area contributed by atoms with Crippen molar-refractivity contribution < 1.29 is 4.39 Å². The summed E-state index contributed by atoms with van der Waals surface area (Å²) in [5.74, 6) is -0.321. The van der Waals surface area contributed by atoms with Crippen molar-refractivity contribution >= 4 is 22.5 Å². The van der Waals surface area contributed by atoms with Crippen LogP contribution in [0.25, 0.3) is 10.9 Å². The van der Waals surface area contributed by atoms with E-state index in [1.54, 1.807) is 25.3 Å². The first-order valence-corrected chi connectivity index (χ1v) is 4.27. The number of fused-ring (bicyclic) bond motifs is 1. The lowest BCUT2D eigenvalue weighted by Crippen LogP contribution is -1.86. The average Bonchev–Trinajstić information content (AvgIpc) is 2.12. The van der Waals surface area contributed by atoms with Gasteiger partial charge in [0.2, 0.25) is 0 Å². The number of pyridine rings is 1. The molecule has 66 valence electrons. The normalized spacial score (nSPS) is 10.7. The number of rotatable bonds is 0. The summed E-state index contributed by atoms with van der Waals surface area (Å²) in [6, 6.07) is 4.75. The summed E-state index contributed by atoms with van der Waals surface area (Å²) in [5, 5.41) is 0.854. The molecule has 3 heteroatoms. The Bertz CT molecular complexity index is 468. The Morgan fingerprint density at radius 3 is 2.92 bits per heavy atom. The number of hydrogen-bond donors (Lipinski definition) is 0. The number of nitrogens with zero attached hydrogens (tertiary/aromatic N) is 1. The lowest BCUT2D eigenvalue weighted by Gasteiger charge is -2.03. The van der Waals surface area contributed by atoms with Crippen LogP contribution in [0.3, 0.4) is 0 Å². The van der Waals surface area contributed by atoms with Crippen molar-refractivity contribution in [2.75, 3.05) is 0 Å². The second kappa shape index (κ2) is 2.96. The monoisotopic (exact) mass is 195 g/mol. The van der Waals surface area contributed by atoms with Gasteiger partial charge in [0.05, 0.1) is 15.9 Å². The van der Waals surface area contributed by atoms with Crippen LogP contribution in [0, 0.1) is 12.7 Å². The van der Waals surface area contributed by atoms with Crippen LogP contribution in [-0.2, 0) is 0 Å².